The van der Waals surface area contributed by atoms with Gasteiger partial charge in [0.05, 0.1) is 12.7 Å². The van der Waals surface area contributed by atoms with Crippen LogP contribution in [0.5, 0.6) is 5.75 Å². The van der Waals surface area contributed by atoms with E-state index in [1.54, 1.807) is 42.5 Å². The molecule has 1 heterocycles. The molecule has 0 spiro atoms. The van der Waals surface area contributed by atoms with Gasteiger partial charge < -0.3 is 24.8 Å². The van der Waals surface area contributed by atoms with Crippen molar-refractivity contribution in [3.63, 3.8) is 0 Å². The van der Waals surface area contributed by atoms with E-state index in [-0.39, 0.29) is 18.2 Å². The lowest BCUT2D eigenvalue weighted by molar-refractivity contribution is -0.146. The van der Waals surface area contributed by atoms with Gasteiger partial charge in [-0.1, -0.05) is 48.5 Å². The summed E-state index contributed by atoms with van der Waals surface area (Å²) in [6.07, 6.45) is -2.83. The number of ether oxygens (including phenoxy) is 2. The fourth-order valence-corrected chi connectivity index (χ4v) is 4.84. The Bertz CT molecular complexity index is 1330. The summed E-state index contributed by atoms with van der Waals surface area (Å²) in [6.45, 7) is 1.02. The third kappa shape index (κ3) is 9.25. The fourth-order valence-electron chi connectivity index (χ4n) is 3.34. The van der Waals surface area contributed by atoms with Crippen molar-refractivity contribution in [2.75, 3.05) is 19.0 Å². The highest BCUT2D eigenvalue weighted by Crippen LogP contribution is 2.45. The number of aliphatic hydroxyl groups is 1. The molecule has 0 amide bonds. The number of para-hydroxylation sites is 1. The van der Waals surface area contributed by atoms with Gasteiger partial charge in [0.15, 0.2) is 6.23 Å². The van der Waals surface area contributed by atoms with Crippen molar-refractivity contribution in [3.05, 3.63) is 89.0 Å². The second kappa shape index (κ2) is 14.7. The first kappa shape index (κ1) is 30.9. The lowest BCUT2D eigenvalue weighted by atomic mass is 10.2. The molecule has 3 rings (SSSR count). The summed E-state index contributed by atoms with van der Waals surface area (Å²) in [4.78, 5) is 28.3. The van der Waals surface area contributed by atoms with Crippen LogP contribution in [0.4, 0.5) is 10.2 Å². The number of anilines is 1. The molecule has 0 aliphatic heterocycles. The zero-order chi connectivity index (χ0) is 29.1. The minimum atomic E-state index is -4.31. The average molecular weight is 579 g/mol. The Kier molecular flexibility index (Phi) is 11.4. The number of hydrogen-bond acceptors (Lipinski definition) is 10. The van der Waals surface area contributed by atoms with Crippen LogP contribution in [-0.4, -0.2) is 52.2 Å². The molecule has 0 bridgehead atoms. The summed E-state index contributed by atoms with van der Waals surface area (Å²) >= 11 is 0. The maximum Gasteiger partial charge on any atom is 0.459 e. The second-order valence-electron chi connectivity index (χ2n) is 8.71. The van der Waals surface area contributed by atoms with E-state index in [2.05, 4.69) is 10.1 Å². The van der Waals surface area contributed by atoms with Crippen molar-refractivity contribution >= 4 is 19.5 Å². The van der Waals surface area contributed by atoms with Crippen LogP contribution >= 0.6 is 7.75 Å². The van der Waals surface area contributed by atoms with Crippen LogP contribution in [0.3, 0.4) is 0 Å². The summed E-state index contributed by atoms with van der Waals surface area (Å²) in [5.74, 6) is -0.616. The molecule has 0 aliphatic carbocycles. The maximum atomic E-state index is 13.9. The highest BCUT2D eigenvalue weighted by atomic mass is 31.2. The third-order valence-electron chi connectivity index (χ3n) is 5.47. The highest BCUT2D eigenvalue weighted by molar-refractivity contribution is 7.52. The van der Waals surface area contributed by atoms with Crippen LogP contribution < -0.4 is 21.0 Å². The molecule has 0 radical (unpaired) electrons. The van der Waals surface area contributed by atoms with Gasteiger partial charge >= 0.3 is 19.4 Å². The summed E-state index contributed by atoms with van der Waals surface area (Å²) < 4.78 is 50.5. The van der Waals surface area contributed by atoms with Crippen molar-refractivity contribution in [1.82, 2.24) is 14.6 Å². The summed E-state index contributed by atoms with van der Waals surface area (Å²) in [6, 6.07) is 17.2. The molecular formula is C26H32FN4O8P. The quantitative estimate of drug-likeness (QED) is 0.179. The number of alkyl halides is 1. The number of nitrogens with one attached hydrogen (secondary N) is 1. The minimum Gasteiger partial charge on any atom is -0.460 e. The Labute approximate surface area is 230 Å². The largest absolute Gasteiger partial charge is 0.460 e. The van der Waals surface area contributed by atoms with Crippen molar-refractivity contribution in [1.29, 1.82) is 0 Å². The molecule has 2 aromatic carbocycles. The molecule has 12 nitrogen and oxygen atoms in total. The van der Waals surface area contributed by atoms with E-state index in [0.717, 1.165) is 10.1 Å². The van der Waals surface area contributed by atoms with E-state index >= 15 is 0 Å². The Morgan fingerprint density at radius 1 is 1.12 bits per heavy atom. The van der Waals surface area contributed by atoms with Crippen LogP contribution in [-0.2, 0) is 30.0 Å². The Morgan fingerprint density at radius 2 is 1.77 bits per heavy atom. The number of hydrogen-bond donors (Lipinski definition) is 3. The SMILES string of the molecule is C[C@H](NP(=O)(OC[C@@H](O[C@H](CF)n1ccc(N)nc1=O)[C@@H](C)O)Oc1ccccc1)C(=O)OCc1ccccc1. The first-order valence-electron chi connectivity index (χ1n) is 12.3. The van der Waals surface area contributed by atoms with Crippen molar-refractivity contribution in [3.8, 4) is 5.75 Å². The molecule has 1 unspecified atom stereocenters. The van der Waals surface area contributed by atoms with Gasteiger partial charge in [-0.05, 0) is 37.6 Å². The molecule has 0 saturated carbocycles. The first-order valence-corrected chi connectivity index (χ1v) is 13.9. The van der Waals surface area contributed by atoms with Crippen LogP contribution in [0.1, 0.15) is 25.6 Å². The topological polar surface area (TPSA) is 164 Å². The number of aromatic nitrogens is 2. The third-order valence-corrected chi connectivity index (χ3v) is 7.11. The number of nitrogens with zero attached hydrogens (tertiary/aromatic N) is 2. The van der Waals surface area contributed by atoms with E-state index in [1.807, 2.05) is 6.07 Å². The minimum absolute atomic E-state index is 0.00167. The van der Waals surface area contributed by atoms with Gasteiger partial charge in [0, 0.05) is 6.20 Å². The summed E-state index contributed by atoms with van der Waals surface area (Å²) in [5, 5.41) is 12.8. The van der Waals surface area contributed by atoms with Gasteiger partial charge in [0.1, 0.15) is 37.0 Å². The normalized spacial score (nSPS) is 15.8. The zero-order valence-electron chi connectivity index (χ0n) is 22.0. The van der Waals surface area contributed by atoms with Gasteiger partial charge in [-0.15, -0.1) is 0 Å². The zero-order valence-corrected chi connectivity index (χ0v) is 22.9. The summed E-state index contributed by atoms with van der Waals surface area (Å²) in [7, 11) is -4.31. The molecule has 0 fully saturated rings. The molecule has 3 aromatic rings. The van der Waals surface area contributed by atoms with E-state index in [9.17, 15) is 23.7 Å². The molecule has 216 valence electrons. The van der Waals surface area contributed by atoms with Gasteiger partial charge in [0.25, 0.3) is 0 Å². The standard InChI is InChI=1S/C26H32FN4O8P/c1-18(25(33)36-16-20-9-5-3-6-10-20)30-40(35,39-21-11-7-4-8-12-21)37-17-22(19(2)32)38-24(15-27)31-14-13-23(28)29-26(31)34/h3-14,18-19,22,24,32H,15-17H2,1-2H3,(H,30,35)(H2,28,29,34)/t18-,19+,22+,24+,40?/m0/s1. The van der Waals surface area contributed by atoms with E-state index < -0.39 is 57.2 Å². The fraction of sp³-hybridized carbons (Fsp3) is 0.346. The lowest BCUT2D eigenvalue weighted by Crippen LogP contribution is -2.39. The van der Waals surface area contributed by atoms with Gasteiger partial charge in [-0.2, -0.15) is 10.1 Å². The number of nitrogens with two attached hydrogens (primary N) is 1. The van der Waals surface area contributed by atoms with Gasteiger partial charge in [-0.25, -0.2) is 13.8 Å². The molecular weight excluding hydrogens is 546 g/mol. The summed E-state index contributed by atoms with van der Waals surface area (Å²) in [5.41, 5.74) is 5.38. The van der Waals surface area contributed by atoms with Crippen molar-refractivity contribution < 1.29 is 37.4 Å². The number of rotatable bonds is 15. The Hall–Kier alpha value is -3.61. The highest BCUT2D eigenvalue weighted by Gasteiger charge is 2.35. The Morgan fingerprint density at radius 3 is 2.38 bits per heavy atom. The van der Waals surface area contributed by atoms with E-state index in [0.29, 0.717) is 0 Å². The first-order chi connectivity index (χ1) is 19.1. The van der Waals surface area contributed by atoms with Crippen LogP contribution in [0.25, 0.3) is 0 Å². The number of carbonyl (C=O) groups excluding carboxylic acids is 1. The molecule has 40 heavy (non-hydrogen) atoms. The van der Waals surface area contributed by atoms with Crippen LogP contribution in [0.15, 0.2) is 77.7 Å². The predicted molar refractivity (Wildman–Crippen MR) is 144 cm³/mol. The molecule has 0 aliphatic rings. The molecule has 0 saturated heterocycles. The monoisotopic (exact) mass is 578 g/mol. The van der Waals surface area contributed by atoms with Crippen molar-refractivity contribution in [2.45, 2.75) is 44.9 Å². The lowest BCUT2D eigenvalue weighted by Gasteiger charge is -2.28. The molecule has 4 N–H and O–H groups in total. The van der Waals surface area contributed by atoms with E-state index in [4.69, 9.17) is 24.3 Å². The van der Waals surface area contributed by atoms with Gasteiger partial charge in [-0.3, -0.25) is 13.9 Å². The average Bonchev–Trinajstić information content (AvgIpc) is 2.93. The number of halogens is 1. The number of carbonyl (C=O) groups is 1. The smallest absolute Gasteiger partial charge is 0.459 e. The number of esters is 1. The second-order valence-corrected chi connectivity index (χ2v) is 10.4. The van der Waals surface area contributed by atoms with Gasteiger partial charge in [0.2, 0.25) is 0 Å². The molecule has 1 aromatic heterocycles. The van der Waals surface area contributed by atoms with Crippen LogP contribution in [0.2, 0.25) is 0 Å². The van der Waals surface area contributed by atoms with Crippen LogP contribution in [0, 0.1) is 0 Å². The number of nitrogen functional groups attached to an aromatic ring is 1. The molecule has 5 atom stereocenters. The van der Waals surface area contributed by atoms with E-state index in [1.165, 1.54) is 38.2 Å². The maximum absolute atomic E-state index is 13.9. The number of aliphatic hydroxyl groups excluding tert-OH is 1. The number of benzene rings is 2. The van der Waals surface area contributed by atoms with Crippen molar-refractivity contribution in [2.24, 2.45) is 0 Å². The molecule has 14 heteroatoms. The predicted octanol–water partition coefficient (Wildman–Crippen LogP) is 2.98. The Balaban J connectivity index is 1.73.